The van der Waals surface area contributed by atoms with Gasteiger partial charge in [0.15, 0.2) is 17.2 Å². The molecule has 36 heavy (non-hydrogen) atoms. The molecule has 200 valence electrons. The van der Waals surface area contributed by atoms with Crippen molar-refractivity contribution in [2.75, 3.05) is 6.61 Å². The molecule has 0 saturated heterocycles. The summed E-state index contributed by atoms with van der Waals surface area (Å²) in [6.45, 7) is 10.1. The minimum Gasteiger partial charge on any atom is -0.465 e. The topological polar surface area (TPSA) is 115 Å². The average Bonchev–Trinajstić information content (AvgIpc) is 3.02. The number of hydrogen-bond donors (Lipinski definition) is 3. The van der Waals surface area contributed by atoms with Crippen LogP contribution in [-0.2, 0) is 9.59 Å². The van der Waals surface area contributed by atoms with Gasteiger partial charge in [-0.1, -0.05) is 39.3 Å². The van der Waals surface area contributed by atoms with Crippen molar-refractivity contribution in [2.45, 2.75) is 90.6 Å². The van der Waals surface area contributed by atoms with Crippen LogP contribution in [0.2, 0.25) is 0 Å². The molecule has 3 saturated carbocycles. The third-order valence-electron chi connectivity index (χ3n) is 10.7. The standard InChI is InChI=1S/C28H40FNO6/c1-15(2)17(4)30(24(35)36)28(23(34)14-31)16(3)11-21-20-8-7-18-12-19(32)9-10-25(18,5)27(20,29)22(33)13-26(21,28)6/h9-10,12,15-17,20-22,31,33H,7-8,11,13-14H2,1-6H3,(H,35,36)/t16-,17?,20-,21-,22-,25-,26-,27-,28-/m0/s1. The Balaban J connectivity index is 1.92. The summed E-state index contributed by atoms with van der Waals surface area (Å²) < 4.78 is 17.5. The largest absolute Gasteiger partial charge is 0.465 e. The maximum Gasteiger partial charge on any atom is 0.408 e. The molecule has 0 aromatic rings. The van der Waals surface area contributed by atoms with Crippen LogP contribution in [-0.4, -0.2) is 67.8 Å². The minimum atomic E-state index is -2.08. The predicted molar refractivity (Wildman–Crippen MR) is 132 cm³/mol. The molecule has 0 aromatic heterocycles. The number of halogens is 1. The lowest BCUT2D eigenvalue weighted by molar-refractivity contribution is -0.210. The maximum absolute atomic E-state index is 17.5. The van der Waals surface area contributed by atoms with Gasteiger partial charge in [-0.15, -0.1) is 0 Å². The number of carbonyl (C=O) groups excluding carboxylic acids is 2. The number of allylic oxidation sites excluding steroid dienone is 4. The monoisotopic (exact) mass is 505 g/mol. The summed E-state index contributed by atoms with van der Waals surface area (Å²) in [6.07, 6.45) is 2.83. The van der Waals surface area contributed by atoms with Crippen LogP contribution in [0.5, 0.6) is 0 Å². The Morgan fingerprint density at radius 2 is 1.86 bits per heavy atom. The zero-order chi connectivity index (χ0) is 27.0. The maximum atomic E-state index is 17.5. The van der Waals surface area contributed by atoms with Gasteiger partial charge in [-0.25, -0.2) is 9.18 Å². The number of amides is 1. The summed E-state index contributed by atoms with van der Waals surface area (Å²) in [5.74, 6) is -2.44. The summed E-state index contributed by atoms with van der Waals surface area (Å²) in [5, 5.41) is 32.2. The first-order valence-corrected chi connectivity index (χ1v) is 13.1. The zero-order valence-corrected chi connectivity index (χ0v) is 22.1. The highest BCUT2D eigenvalue weighted by atomic mass is 19.1. The second kappa shape index (κ2) is 8.48. The Hall–Kier alpha value is -2.06. The fraction of sp³-hybridized carbons (Fsp3) is 0.750. The minimum absolute atomic E-state index is 0.112. The molecule has 1 amide bonds. The van der Waals surface area contributed by atoms with E-state index >= 15 is 4.39 Å². The fourth-order valence-corrected chi connectivity index (χ4v) is 8.85. The molecule has 0 spiro atoms. The molecule has 7 nitrogen and oxygen atoms in total. The number of hydrogen-bond acceptors (Lipinski definition) is 5. The molecule has 4 aliphatic rings. The number of alkyl halides is 1. The summed E-state index contributed by atoms with van der Waals surface area (Å²) in [4.78, 5) is 39.9. The van der Waals surface area contributed by atoms with Crippen LogP contribution in [0.25, 0.3) is 0 Å². The Morgan fingerprint density at radius 3 is 2.42 bits per heavy atom. The molecule has 4 rings (SSSR count). The summed E-state index contributed by atoms with van der Waals surface area (Å²) in [5.41, 5.74) is -5.29. The van der Waals surface area contributed by atoms with Crippen molar-refractivity contribution in [3.05, 3.63) is 23.8 Å². The number of ketones is 2. The smallest absolute Gasteiger partial charge is 0.408 e. The van der Waals surface area contributed by atoms with Crippen molar-refractivity contribution in [1.82, 2.24) is 4.90 Å². The third kappa shape index (κ3) is 3.06. The van der Waals surface area contributed by atoms with Gasteiger partial charge in [0.05, 0.1) is 6.10 Å². The number of carbonyl (C=O) groups is 3. The van der Waals surface area contributed by atoms with Crippen molar-refractivity contribution >= 4 is 17.7 Å². The lowest BCUT2D eigenvalue weighted by Gasteiger charge is -2.64. The number of fused-ring (bicyclic) bond motifs is 5. The Kier molecular flexibility index (Phi) is 6.36. The predicted octanol–water partition coefficient (Wildman–Crippen LogP) is 3.93. The van der Waals surface area contributed by atoms with Crippen LogP contribution in [0.3, 0.4) is 0 Å². The van der Waals surface area contributed by atoms with Gasteiger partial charge in [0.1, 0.15) is 12.1 Å². The Morgan fingerprint density at radius 1 is 1.22 bits per heavy atom. The second-order valence-electron chi connectivity index (χ2n) is 12.4. The third-order valence-corrected chi connectivity index (χ3v) is 10.7. The summed E-state index contributed by atoms with van der Waals surface area (Å²) in [6, 6.07) is -0.545. The van der Waals surface area contributed by atoms with Gasteiger partial charge >= 0.3 is 6.09 Å². The van der Waals surface area contributed by atoms with Crippen molar-refractivity contribution in [1.29, 1.82) is 0 Å². The Bertz CT molecular complexity index is 1040. The van der Waals surface area contributed by atoms with E-state index in [-0.39, 0.29) is 18.1 Å². The van der Waals surface area contributed by atoms with E-state index < -0.39 is 70.4 Å². The van der Waals surface area contributed by atoms with E-state index in [0.29, 0.717) is 24.8 Å². The molecule has 3 N–H and O–H groups in total. The van der Waals surface area contributed by atoms with Crippen LogP contribution < -0.4 is 0 Å². The van der Waals surface area contributed by atoms with Gasteiger partial charge in [0, 0.05) is 22.8 Å². The molecule has 0 bridgehead atoms. The van der Waals surface area contributed by atoms with E-state index in [9.17, 15) is 29.7 Å². The zero-order valence-electron chi connectivity index (χ0n) is 22.1. The van der Waals surface area contributed by atoms with E-state index in [1.807, 2.05) is 27.7 Å². The van der Waals surface area contributed by atoms with Crippen LogP contribution >= 0.6 is 0 Å². The molecule has 1 unspecified atom stereocenters. The molecule has 8 heteroatoms. The van der Waals surface area contributed by atoms with Gasteiger partial charge in [0.2, 0.25) is 0 Å². The highest BCUT2D eigenvalue weighted by Gasteiger charge is 2.77. The van der Waals surface area contributed by atoms with Gasteiger partial charge in [0.25, 0.3) is 0 Å². The SMILES string of the molecule is CC(C)C(C)N(C(=O)O)[C@]1(C(=O)CO)[C@@H](C)C[C@H]2[C@@H]3CCC4=CC(=O)C=C[C@]4(C)[C@@]3(F)[C@@H](O)C[C@@]21C. The number of carboxylic acid groups (broad SMARTS) is 1. The van der Waals surface area contributed by atoms with Gasteiger partial charge in [-0.2, -0.15) is 0 Å². The van der Waals surface area contributed by atoms with Crippen molar-refractivity contribution in [3.8, 4) is 0 Å². The Labute approximate surface area is 212 Å². The molecule has 0 aromatic carbocycles. The van der Waals surface area contributed by atoms with E-state index in [0.717, 1.165) is 0 Å². The lowest BCUT2D eigenvalue weighted by atomic mass is 9.44. The first kappa shape index (κ1) is 27.0. The second-order valence-corrected chi connectivity index (χ2v) is 12.4. The molecule has 0 radical (unpaired) electrons. The number of aliphatic hydroxyl groups is 2. The van der Waals surface area contributed by atoms with E-state index in [2.05, 4.69) is 0 Å². The van der Waals surface area contributed by atoms with Crippen LogP contribution in [0, 0.1) is 34.5 Å². The molecule has 0 heterocycles. The number of Topliss-reactive ketones (excluding diaryl/α,β-unsaturated/α-hetero) is 1. The first-order valence-electron chi connectivity index (χ1n) is 13.1. The molecule has 0 aliphatic heterocycles. The van der Waals surface area contributed by atoms with Gasteiger partial charge < -0.3 is 15.3 Å². The highest BCUT2D eigenvalue weighted by Crippen LogP contribution is 2.72. The first-order chi connectivity index (χ1) is 16.6. The molecule has 3 fully saturated rings. The number of nitrogens with zero attached hydrogens (tertiary/aromatic N) is 1. The average molecular weight is 506 g/mol. The van der Waals surface area contributed by atoms with Crippen LogP contribution in [0.15, 0.2) is 23.8 Å². The van der Waals surface area contributed by atoms with Gasteiger partial charge in [-0.3, -0.25) is 14.5 Å². The normalized spacial score (nSPS) is 44.4. The summed E-state index contributed by atoms with van der Waals surface area (Å²) in [7, 11) is 0. The quantitative estimate of drug-likeness (QED) is 0.522. The van der Waals surface area contributed by atoms with E-state index in [4.69, 9.17) is 0 Å². The van der Waals surface area contributed by atoms with Crippen LogP contribution in [0.4, 0.5) is 9.18 Å². The van der Waals surface area contributed by atoms with Crippen molar-refractivity contribution in [3.63, 3.8) is 0 Å². The highest BCUT2D eigenvalue weighted by molar-refractivity contribution is 6.01. The molecular weight excluding hydrogens is 465 g/mol. The van der Waals surface area contributed by atoms with E-state index in [1.165, 1.54) is 17.1 Å². The van der Waals surface area contributed by atoms with Crippen molar-refractivity contribution < 1.29 is 34.1 Å². The lowest BCUT2D eigenvalue weighted by Crippen LogP contribution is -2.74. The molecular formula is C28H40FNO6. The molecule has 9 atom stereocenters. The van der Waals surface area contributed by atoms with E-state index in [1.54, 1.807) is 19.9 Å². The van der Waals surface area contributed by atoms with Gasteiger partial charge in [-0.05, 0) is 69.4 Å². The van der Waals surface area contributed by atoms with Crippen molar-refractivity contribution in [2.24, 2.45) is 34.5 Å². The molecule has 4 aliphatic carbocycles. The fourth-order valence-electron chi connectivity index (χ4n) is 8.85. The number of rotatable bonds is 5. The van der Waals surface area contributed by atoms with Crippen LogP contribution in [0.1, 0.15) is 67.2 Å². The summed E-state index contributed by atoms with van der Waals surface area (Å²) >= 11 is 0. The number of aliphatic hydroxyl groups excluding tert-OH is 2.